The minimum Gasteiger partial charge on any atom is -0.355 e. The Morgan fingerprint density at radius 2 is 2.25 bits per heavy atom. The molecule has 2 aromatic heterocycles. The first-order valence-corrected chi connectivity index (χ1v) is 7.37. The first-order chi connectivity index (χ1) is 9.54. The second-order valence-electron chi connectivity index (χ2n) is 4.65. The van der Waals surface area contributed by atoms with Gasteiger partial charge < -0.3 is 4.52 Å². The molecule has 0 radical (unpaired) electrons. The van der Waals surface area contributed by atoms with Crippen LogP contribution in [0.25, 0.3) is 11.2 Å². The van der Waals surface area contributed by atoms with E-state index in [9.17, 15) is 4.57 Å². The molecule has 0 saturated heterocycles. The summed E-state index contributed by atoms with van der Waals surface area (Å²) < 4.78 is 28.2. The lowest BCUT2D eigenvalue weighted by atomic mass is 10.2. The molecule has 0 aliphatic carbocycles. The molecule has 1 atom stereocenters. The maximum Gasteiger partial charge on any atom is 0.632 e. The van der Waals surface area contributed by atoms with Gasteiger partial charge in [0, 0.05) is 6.42 Å². The Kier molecular flexibility index (Phi) is 2.17. The fraction of sp³-hybridized carbons (Fsp3) is 0.300. The number of aromatic nitrogens is 4. The predicted octanol–water partition coefficient (Wildman–Crippen LogP) is 1.62. The van der Waals surface area contributed by atoms with Gasteiger partial charge in [0.2, 0.25) is 0 Å². The molecular weight excluding hydrogens is 285 g/mol. The number of hydrogen-bond donors (Lipinski definition) is 1. The van der Waals surface area contributed by atoms with Crippen molar-refractivity contribution in [3.63, 3.8) is 0 Å². The van der Waals surface area contributed by atoms with Crippen molar-refractivity contribution in [3.05, 3.63) is 17.5 Å². The minimum atomic E-state index is -3.70. The van der Waals surface area contributed by atoms with Gasteiger partial charge >= 0.3 is 13.8 Å². The Balaban J connectivity index is 1.89. The highest BCUT2D eigenvalue weighted by Crippen LogP contribution is 2.54. The van der Waals surface area contributed by atoms with Crippen LogP contribution in [-0.2, 0) is 15.6 Å². The van der Waals surface area contributed by atoms with Gasteiger partial charge in [0.15, 0.2) is 17.0 Å². The smallest absolute Gasteiger partial charge is 0.355 e. The van der Waals surface area contributed by atoms with E-state index in [-0.39, 0.29) is 6.01 Å². The number of allylic oxidation sites excluding steroid dienone is 2. The highest BCUT2D eigenvalue weighted by molar-refractivity contribution is 7.49. The molecule has 0 aromatic carbocycles. The average Bonchev–Trinajstić information content (AvgIpc) is 2.81. The van der Waals surface area contributed by atoms with Crippen molar-refractivity contribution >= 4 is 24.8 Å². The zero-order valence-corrected chi connectivity index (χ0v) is 11.5. The summed E-state index contributed by atoms with van der Waals surface area (Å²) in [5.74, 6) is 0.923. The number of phosphoric acid groups is 1. The standard InChI is InChI=1S/C10H10N5O4P/c1-5(2)3-4-6-11-8-7-9(12-6)14-18-20(16)17-10(13-8)15(7)19-20/h3H,4H2,1-2H3,(H,11,12,14). The van der Waals surface area contributed by atoms with Crippen LogP contribution in [-0.4, -0.2) is 19.7 Å². The van der Waals surface area contributed by atoms with Crippen LogP contribution >= 0.6 is 7.82 Å². The molecule has 1 N–H and O–H groups in total. The summed E-state index contributed by atoms with van der Waals surface area (Å²) in [6, 6.07) is 0.0553. The van der Waals surface area contributed by atoms with E-state index in [1.165, 1.54) is 4.73 Å². The molecule has 1 unspecified atom stereocenters. The van der Waals surface area contributed by atoms with Crippen LogP contribution in [0.3, 0.4) is 0 Å². The number of nitrogens with zero attached hydrogens (tertiary/aromatic N) is 4. The molecular formula is C10H10N5O4P. The highest BCUT2D eigenvalue weighted by atomic mass is 31.2. The minimum absolute atomic E-state index is 0.0553. The lowest BCUT2D eigenvalue weighted by Crippen LogP contribution is -2.05. The number of anilines is 1. The molecule has 4 heterocycles. The van der Waals surface area contributed by atoms with E-state index in [2.05, 4.69) is 20.4 Å². The third kappa shape index (κ3) is 1.60. The van der Waals surface area contributed by atoms with Crippen molar-refractivity contribution in [1.29, 1.82) is 0 Å². The van der Waals surface area contributed by atoms with Crippen LogP contribution in [0, 0.1) is 0 Å². The summed E-state index contributed by atoms with van der Waals surface area (Å²) in [4.78, 5) is 12.8. The van der Waals surface area contributed by atoms with Gasteiger partial charge in [-0.05, 0) is 13.8 Å². The van der Waals surface area contributed by atoms with E-state index in [1.807, 2.05) is 19.9 Å². The monoisotopic (exact) mass is 295 g/mol. The van der Waals surface area contributed by atoms with Gasteiger partial charge in [-0.3, -0.25) is 4.62 Å². The number of imidazole rings is 1. The fourth-order valence-corrected chi connectivity index (χ4v) is 2.90. The van der Waals surface area contributed by atoms with Gasteiger partial charge in [-0.1, -0.05) is 11.6 Å². The van der Waals surface area contributed by atoms with E-state index < -0.39 is 7.82 Å². The van der Waals surface area contributed by atoms with E-state index in [1.54, 1.807) is 0 Å². The third-order valence-electron chi connectivity index (χ3n) is 2.81. The molecule has 20 heavy (non-hydrogen) atoms. The molecule has 10 heteroatoms. The highest BCUT2D eigenvalue weighted by Gasteiger charge is 2.46. The van der Waals surface area contributed by atoms with Crippen molar-refractivity contribution in [2.75, 3.05) is 5.48 Å². The largest absolute Gasteiger partial charge is 0.632 e. The van der Waals surface area contributed by atoms with Gasteiger partial charge in [0.1, 0.15) is 5.82 Å². The van der Waals surface area contributed by atoms with Crippen molar-refractivity contribution in [2.24, 2.45) is 0 Å². The Morgan fingerprint density at radius 3 is 3.05 bits per heavy atom. The first-order valence-electron chi connectivity index (χ1n) is 5.91. The summed E-state index contributed by atoms with van der Waals surface area (Å²) in [5, 5.41) is 0. The van der Waals surface area contributed by atoms with Crippen LogP contribution in [0.4, 0.5) is 5.82 Å². The summed E-state index contributed by atoms with van der Waals surface area (Å²) in [6.45, 7) is 3.99. The Morgan fingerprint density at radius 1 is 1.40 bits per heavy atom. The molecule has 2 aliphatic heterocycles. The summed E-state index contributed by atoms with van der Waals surface area (Å²) >= 11 is 0. The van der Waals surface area contributed by atoms with Crippen molar-refractivity contribution in [3.8, 4) is 6.01 Å². The second-order valence-corrected chi connectivity index (χ2v) is 6.07. The molecule has 9 nitrogen and oxygen atoms in total. The zero-order chi connectivity index (χ0) is 13.9. The summed E-state index contributed by atoms with van der Waals surface area (Å²) in [7, 11) is -3.70. The summed E-state index contributed by atoms with van der Waals surface area (Å²) in [6.07, 6.45) is 2.56. The predicted molar refractivity (Wildman–Crippen MR) is 68.0 cm³/mol. The molecule has 2 aliphatic rings. The van der Waals surface area contributed by atoms with E-state index in [0.717, 1.165) is 5.57 Å². The Bertz CT molecular complexity index is 810. The quantitative estimate of drug-likeness (QED) is 0.659. The lowest BCUT2D eigenvalue weighted by molar-refractivity contribution is 0.226. The molecule has 4 rings (SSSR count). The molecule has 0 spiro atoms. The fourth-order valence-electron chi connectivity index (χ4n) is 1.93. The van der Waals surface area contributed by atoms with Gasteiger partial charge in [-0.15, -0.1) is 9.35 Å². The number of fused-ring (bicyclic) bond motifs is 1. The molecule has 0 fully saturated rings. The van der Waals surface area contributed by atoms with Gasteiger partial charge in [0.25, 0.3) is 0 Å². The maximum absolute atomic E-state index is 12.0. The zero-order valence-electron chi connectivity index (χ0n) is 10.7. The van der Waals surface area contributed by atoms with Crippen molar-refractivity contribution in [2.45, 2.75) is 20.3 Å². The van der Waals surface area contributed by atoms with E-state index >= 15 is 0 Å². The molecule has 104 valence electrons. The van der Waals surface area contributed by atoms with Gasteiger partial charge in [-0.2, -0.15) is 4.98 Å². The maximum atomic E-state index is 12.0. The Hall–Kier alpha value is -2.12. The van der Waals surface area contributed by atoms with Gasteiger partial charge in [0.05, 0.1) is 0 Å². The van der Waals surface area contributed by atoms with Gasteiger partial charge in [-0.25, -0.2) is 20.0 Å². The molecule has 2 aromatic rings. The van der Waals surface area contributed by atoms with Crippen LogP contribution in [0.1, 0.15) is 19.7 Å². The topological polar surface area (TPSA) is 100 Å². The normalized spacial score (nSPS) is 22.1. The first kappa shape index (κ1) is 11.7. The van der Waals surface area contributed by atoms with Crippen LogP contribution in [0.15, 0.2) is 11.6 Å². The SMILES string of the molecule is CC(C)=CCc1nc2c3c(n1)nc1n3OP(=O)(ON2)O1. The molecule has 0 saturated carbocycles. The Labute approximate surface area is 113 Å². The van der Waals surface area contributed by atoms with E-state index in [4.69, 9.17) is 13.8 Å². The molecule has 0 amide bonds. The average molecular weight is 295 g/mol. The van der Waals surface area contributed by atoms with Crippen molar-refractivity contribution < 1.29 is 18.3 Å². The molecule has 2 bridgehead atoms. The number of nitrogens with one attached hydrogen (secondary N) is 1. The van der Waals surface area contributed by atoms with Crippen LogP contribution in [0.2, 0.25) is 0 Å². The van der Waals surface area contributed by atoms with Crippen LogP contribution < -0.4 is 14.6 Å². The number of hydrogen-bond acceptors (Lipinski definition) is 8. The third-order valence-corrected chi connectivity index (χ3v) is 3.88. The van der Waals surface area contributed by atoms with E-state index in [0.29, 0.717) is 29.2 Å². The lowest BCUT2D eigenvalue weighted by Gasteiger charge is -2.06. The number of rotatable bonds is 2. The summed E-state index contributed by atoms with van der Waals surface area (Å²) in [5.41, 5.74) is 4.49. The van der Waals surface area contributed by atoms with Crippen LogP contribution in [0.5, 0.6) is 6.01 Å². The van der Waals surface area contributed by atoms with Crippen molar-refractivity contribution in [1.82, 2.24) is 19.7 Å². The second kappa shape index (κ2) is 3.71.